The second-order valence-corrected chi connectivity index (χ2v) is 3.47. The Hall–Kier alpha value is -2.04. The molecule has 0 aromatic heterocycles. The van der Waals surface area contributed by atoms with Crippen LogP contribution in [0.2, 0.25) is 0 Å². The predicted molar refractivity (Wildman–Crippen MR) is 58.7 cm³/mol. The van der Waals surface area contributed by atoms with Gasteiger partial charge < -0.3 is 5.32 Å². The molecular weight excluding hydrogens is 206 g/mol. The van der Waals surface area contributed by atoms with Crippen molar-refractivity contribution in [3.8, 4) is 0 Å². The molecule has 2 amide bonds. The maximum atomic E-state index is 11.6. The predicted octanol–water partition coefficient (Wildman–Crippen LogP) is 2.25. The fraction of sp³-hybridized carbons (Fsp3) is 0.273. The van der Waals surface area contributed by atoms with Gasteiger partial charge >= 0.3 is 0 Å². The Morgan fingerprint density at radius 3 is 2.69 bits per heavy atom. The summed E-state index contributed by atoms with van der Waals surface area (Å²) in [5.74, 6) is -0.927. The molecule has 0 spiro atoms. The average Bonchev–Trinajstić information content (AvgIpc) is 2.31. The number of nitrogens with zero attached hydrogens (tertiary/aromatic N) is 2. The van der Waals surface area contributed by atoms with Crippen LogP contribution in [-0.4, -0.2) is 18.4 Å². The van der Waals surface area contributed by atoms with Gasteiger partial charge in [-0.15, -0.1) is 10.2 Å². The van der Waals surface area contributed by atoms with Gasteiger partial charge in [0.05, 0.1) is 11.1 Å². The molecule has 82 valence electrons. The zero-order valence-corrected chi connectivity index (χ0v) is 8.86. The molecule has 0 saturated heterocycles. The van der Waals surface area contributed by atoms with E-state index in [0.29, 0.717) is 16.8 Å². The molecule has 2 rings (SSSR count). The first-order valence-electron chi connectivity index (χ1n) is 5.11. The van der Waals surface area contributed by atoms with E-state index in [-0.39, 0.29) is 0 Å². The van der Waals surface area contributed by atoms with Gasteiger partial charge in [0.15, 0.2) is 0 Å². The van der Waals surface area contributed by atoms with Crippen LogP contribution in [0.1, 0.15) is 34.1 Å². The van der Waals surface area contributed by atoms with Crippen LogP contribution in [-0.2, 0) is 0 Å². The van der Waals surface area contributed by atoms with Gasteiger partial charge in [-0.2, -0.15) is 0 Å². The van der Waals surface area contributed by atoms with Crippen molar-refractivity contribution in [2.24, 2.45) is 10.2 Å². The molecule has 5 heteroatoms. The summed E-state index contributed by atoms with van der Waals surface area (Å²) in [4.78, 5) is 23.0. The first-order chi connectivity index (χ1) is 7.74. The third-order valence-electron chi connectivity index (χ3n) is 2.31. The first kappa shape index (κ1) is 10.5. The lowest BCUT2D eigenvalue weighted by Gasteiger charge is -2.13. The molecule has 0 radical (unpaired) electrons. The number of nitrogens with one attached hydrogen (secondary N) is 1. The van der Waals surface area contributed by atoms with Crippen LogP contribution >= 0.6 is 0 Å². The van der Waals surface area contributed by atoms with E-state index in [2.05, 4.69) is 15.5 Å². The highest BCUT2D eigenvalue weighted by Gasteiger charge is 2.24. The van der Waals surface area contributed by atoms with Gasteiger partial charge in [-0.1, -0.05) is 13.0 Å². The number of carbonyl (C=O) groups excluding carboxylic acids is 2. The third-order valence-corrected chi connectivity index (χ3v) is 2.31. The molecule has 16 heavy (non-hydrogen) atoms. The molecule has 0 atom stereocenters. The number of rotatable bonds is 3. The van der Waals surface area contributed by atoms with Gasteiger partial charge in [-0.05, 0) is 18.6 Å². The minimum Gasteiger partial charge on any atom is -0.384 e. The summed E-state index contributed by atoms with van der Waals surface area (Å²) in [5.41, 5.74) is 1.30. The largest absolute Gasteiger partial charge is 0.384 e. The van der Waals surface area contributed by atoms with Crippen molar-refractivity contribution >= 4 is 17.5 Å². The number of carbonyl (C=O) groups is 2. The van der Waals surface area contributed by atoms with Gasteiger partial charge in [-0.25, -0.2) is 0 Å². The van der Waals surface area contributed by atoms with Gasteiger partial charge in [0.2, 0.25) is 0 Å². The fourth-order valence-electron chi connectivity index (χ4n) is 1.56. The Balaban J connectivity index is 2.47. The Bertz CT molecular complexity index is 480. The van der Waals surface area contributed by atoms with E-state index < -0.39 is 11.8 Å². The van der Waals surface area contributed by atoms with Crippen molar-refractivity contribution in [2.45, 2.75) is 13.3 Å². The van der Waals surface area contributed by atoms with Crippen molar-refractivity contribution in [1.29, 1.82) is 0 Å². The van der Waals surface area contributed by atoms with Crippen LogP contribution in [0.5, 0.6) is 0 Å². The quantitative estimate of drug-likeness (QED) is 0.844. The molecule has 1 heterocycles. The van der Waals surface area contributed by atoms with Crippen LogP contribution in [0.4, 0.5) is 5.69 Å². The number of fused-ring (bicyclic) bond motifs is 1. The summed E-state index contributed by atoms with van der Waals surface area (Å²) in [6.45, 7) is 2.77. The number of hydrogen-bond donors (Lipinski definition) is 1. The van der Waals surface area contributed by atoms with Crippen molar-refractivity contribution < 1.29 is 9.59 Å². The molecule has 0 fully saturated rings. The maximum Gasteiger partial charge on any atom is 0.298 e. The molecule has 5 nitrogen and oxygen atoms in total. The summed E-state index contributed by atoms with van der Waals surface area (Å²) in [6.07, 6.45) is 0.938. The van der Waals surface area contributed by atoms with Crippen LogP contribution in [0.3, 0.4) is 0 Å². The molecule has 1 aromatic rings. The summed E-state index contributed by atoms with van der Waals surface area (Å²) >= 11 is 0. The summed E-state index contributed by atoms with van der Waals surface area (Å²) in [6, 6.07) is 5.08. The lowest BCUT2D eigenvalue weighted by atomic mass is 10.0. The van der Waals surface area contributed by atoms with Gasteiger partial charge in [0.25, 0.3) is 11.8 Å². The van der Waals surface area contributed by atoms with Crippen LogP contribution in [0.25, 0.3) is 0 Å². The summed E-state index contributed by atoms with van der Waals surface area (Å²) in [5, 5.41) is 9.70. The Kier molecular flexibility index (Phi) is 2.76. The van der Waals surface area contributed by atoms with Gasteiger partial charge in [0.1, 0.15) is 0 Å². The molecule has 1 N–H and O–H groups in total. The normalized spacial score (nSPS) is 13.8. The molecule has 0 bridgehead atoms. The highest BCUT2D eigenvalue weighted by atomic mass is 16.2. The van der Waals surface area contributed by atoms with Gasteiger partial charge in [0, 0.05) is 12.2 Å². The zero-order valence-electron chi connectivity index (χ0n) is 8.86. The van der Waals surface area contributed by atoms with Crippen molar-refractivity contribution in [3.05, 3.63) is 29.3 Å². The van der Waals surface area contributed by atoms with E-state index in [1.54, 1.807) is 18.2 Å². The average molecular weight is 217 g/mol. The number of benzene rings is 1. The topological polar surface area (TPSA) is 70.9 Å². The molecule has 1 aliphatic rings. The van der Waals surface area contributed by atoms with Gasteiger partial charge in [-0.3, -0.25) is 9.59 Å². The molecule has 0 unspecified atom stereocenters. The van der Waals surface area contributed by atoms with E-state index in [9.17, 15) is 9.59 Å². The van der Waals surface area contributed by atoms with E-state index >= 15 is 0 Å². The van der Waals surface area contributed by atoms with Crippen LogP contribution in [0, 0.1) is 0 Å². The Labute approximate surface area is 92.6 Å². The minimum absolute atomic E-state index is 0.320. The molecule has 1 aliphatic heterocycles. The zero-order chi connectivity index (χ0) is 11.5. The fourth-order valence-corrected chi connectivity index (χ4v) is 1.56. The number of azo groups is 1. The third kappa shape index (κ3) is 1.71. The van der Waals surface area contributed by atoms with Crippen molar-refractivity contribution in [3.63, 3.8) is 0 Å². The lowest BCUT2D eigenvalue weighted by molar-refractivity contribution is 0.0921. The summed E-state index contributed by atoms with van der Waals surface area (Å²) in [7, 11) is 0. The number of amides is 2. The van der Waals surface area contributed by atoms with E-state index in [1.165, 1.54) is 0 Å². The standard InChI is InChI=1S/C11H11N3O2/c1-2-6-12-8-5-3-4-7-9(8)11(16)14-13-10(7)15/h3-5,12H,2,6H2,1H3. The second-order valence-electron chi connectivity index (χ2n) is 3.47. The van der Waals surface area contributed by atoms with Crippen LogP contribution in [0.15, 0.2) is 28.4 Å². The smallest absolute Gasteiger partial charge is 0.298 e. The maximum absolute atomic E-state index is 11.6. The first-order valence-corrected chi connectivity index (χ1v) is 5.11. The summed E-state index contributed by atoms with van der Waals surface area (Å²) < 4.78 is 0. The molecule has 0 aliphatic carbocycles. The number of hydrogen-bond acceptors (Lipinski definition) is 3. The molecule has 0 saturated carbocycles. The highest BCUT2D eigenvalue weighted by molar-refractivity contribution is 6.13. The highest BCUT2D eigenvalue weighted by Crippen LogP contribution is 2.25. The molecular formula is C11H11N3O2. The lowest BCUT2D eigenvalue weighted by Crippen LogP contribution is -2.14. The van der Waals surface area contributed by atoms with Crippen molar-refractivity contribution in [1.82, 2.24) is 0 Å². The number of anilines is 1. The van der Waals surface area contributed by atoms with E-state index in [0.717, 1.165) is 13.0 Å². The van der Waals surface area contributed by atoms with Crippen molar-refractivity contribution in [2.75, 3.05) is 11.9 Å². The van der Waals surface area contributed by atoms with E-state index in [4.69, 9.17) is 0 Å². The second kappa shape index (κ2) is 4.22. The Morgan fingerprint density at radius 1 is 1.19 bits per heavy atom. The molecule has 1 aromatic carbocycles. The minimum atomic E-state index is -0.464. The monoisotopic (exact) mass is 217 g/mol. The SMILES string of the molecule is CCCNc1cccc2c1C(=O)N=NC2=O. The Morgan fingerprint density at radius 2 is 1.94 bits per heavy atom. The van der Waals surface area contributed by atoms with Crippen LogP contribution < -0.4 is 5.32 Å². The van der Waals surface area contributed by atoms with E-state index in [1.807, 2.05) is 6.92 Å².